The summed E-state index contributed by atoms with van der Waals surface area (Å²) in [7, 11) is 4.79. The fourth-order valence-electron chi connectivity index (χ4n) is 3.73. The van der Waals surface area contributed by atoms with Crippen LogP contribution in [0.15, 0.2) is 12.1 Å². The highest BCUT2D eigenvalue weighted by molar-refractivity contribution is 5.85. The first kappa shape index (κ1) is 19.7. The Labute approximate surface area is 155 Å². The number of hydrogen-bond donors (Lipinski definition) is 2. The van der Waals surface area contributed by atoms with Gasteiger partial charge in [-0.15, -0.1) is 12.4 Å². The zero-order valence-corrected chi connectivity index (χ0v) is 15.8. The van der Waals surface area contributed by atoms with Crippen molar-refractivity contribution in [1.82, 2.24) is 10.6 Å². The maximum absolute atomic E-state index is 12.5. The monoisotopic (exact) mass is 370 g/mol. The second-order valence-electron chi connectivity index (χ2n) is 6.61. The van der Waals surface area contributed by atoms with E-state index in [-0.39, 0.29) is 29.6 Å². The highest BCUT2D eigenvalue weighted by atomic mass is 35.5. The number of piperidine rings is 1. The first-order valence-electron chi connectivity index (χ1n) is 8.41. The summed E-state index contributed by atoms with van der Waals surface area (Å²) in [4.78, 5) is 12.5. The van der Waals surface area contributed by atoms with Gasteiger partial charge in [-0.1, -0.05) is 0 Å². The highest BCUT2D eigenvalue weighted by Gasteiger charge is 2.57. The molecule has 1 aromatic rings. The van der Waals surface area contributed by atoms with Crippen LogP contribution in [0.1, 0.15) is 24.8 Å². The van der Waals surface area contributed by atoms with Gasteiger partial charge in [0, 0.05) is 24.1 Å². The normalized spacial score (nSPS) is 20.4. The van der Waals surface area contributed by atoms with Gasteiger partial charge in [0.2, 0.25) is 5.91 Å². The summed E-state index contributed by atoms with van der Waals surface area (Å²) in [6.45, 7) is 2.47. The van der Waals surface area contributed by atoms with E-state index in [4.69, 9.17) is 14.2 Å². The minimum absolute atomic E-state index is 0. The minimum Gasteiger partial charge on any atom is -0.496 e. The van der Waals surface area contributed by atoms with E-state index in [1.807, 2.05) is 6.07 Å². The highest BCUT2D eigenvalue weighted by Crippen LogP contribution is 2.58. The summed E-state index contributed by atoms with van der Waals surface area (Å²) in [6, 6.07) is 3.64. The predicted molar refractivity (Wildman–Crippen MR) is 97.8 cm³/mol. The van der Waals surface area contributed by atoms with Crippen molar-refractivity contribution in [3.63, 3.8) is 0 Å². The van der Waals surface area contributed by atoms with Gasteiger partial charge in [-0.2, -0.15) is 0 Å². The lowest BCUT2D eigenvalue weighted by atomic mass is 9.92. The van der Waals surface area contributed by atoms with Crippen LogP contribution in [-0.4, -0.2) is 40.3 Å². The van der Waals surface area contributed by atoms with Crippen molar-refractivity contribution in [3.05, 3.63) is 17.7 Å². The predicted octanol–water partition coefficient (Wildman–Crippen LogP) is 2.14. The summed E-state index contributed by atoms with van der Waals surface area (Å²) < 4.78 is 16.0. The molecule has 0 aromatic heterocycles. The molecule has 7 heteroatoms. The molecular formula is C18H27ClN2O4. The molecule has 1 aliphatic heterocycles. The van der Waals surface area contributed by atoms with Crippen LogP contribution in [0, 0.1) is 11.3 Å². The number of benzene rings is 1. The van der Waals surface area contributed by atoms with E-state index in [9.17, 15) is 4.79 Å². The molecule has 1 aromatic carbocycles. The smallest absolute Gasteiger partial charge is 0.223 e. The molecular weight excluding hydrogens is 344 g/mol. The van der Waals surface area contributed by atoms with Crippen LogP contribution in [0.25, 0.3) is 0 Å². The van der Waals surface area contributed by atoms with Gasteiger partial charge in [-0.3, -0.25) is 4.79 Å². The number of amides is 1. The van der Waals surface area contributed by atoms with Crippen LogP contribution in [-0.2, 0) is 11.3 Å². The van der Waals surface area contributed by atoms with Crippen molar-refractivity contribution >= 4 is 18.3 Å². The maximum atomic E-state index is 12.5. The molecule has 140 valence electrons. The summed E-state index contributed by atoms with van der Waals surface area (Å²) in [5.74, 6) is 2.23. The Morgan fingerprint density at radius 2 is 1.72 bits per heavy atom. The minimum atomic E-state index is 0. The van der Waals surface area contributed by atoms with Crippen LogP contribution < -0.4 is 24.8 Å². The number of halogens is 1. The molecule has 1 saturated heterocycles. The van der Waals surface area contributed by atoms with Gasteiger partial charge in [-0.05, 0) is 43.8 Å². The molecule has 0 bridgehead atoms. The van der Waals surface area contributed by atoms with Gasteiger partial charge in [0.15, 0.2) is 11.5 Å². The first-order chi connectivity index (χ1) is 11.6. The van der Waals surface area contributed by atoms with E-state index < -0.39 is 0 Å². The SMILES string of the molecule is COc1cc(OC)c(OC)cc1CNC(=O)C1CC12CCNCC2.Cl. The largest absolute Gasteiger partial charge is 0.496 e. The van der Waals surface area contributed by atoms with Crippen molar-refractivity contribution in [2.75, 3.05) is 34.4 Å². The molecule has 1 atom stereocenters. The van der Waals surface area contributed by atoms with Crippen molar-refractivity contribution in [2.24, 2.45) is 11.3 Å². The third kappa shape index (κ3) is 3.96. The van der Waals surface area contributed by atoms with Crippen molar-refractivity contribution in [1.29, 1.82) is 0 Å². The van der Waals surface area contributed by atoms with Gasteiger partial charge >= 0.3 is 0 Å². The van der Waals surface area contributed by atoms with Crippen LogP contribution in [0.3, 0.4) is 0 Å². The quantitative estimate of drug-likeness (QED) is 0.803. The summed E-state index contributed by atoms with van der Waals surface area (Å²) >= 11 is 0. The van der Waals surface area contributed by atoms with Gasteiger partial charge in [0.05, 0.1) is 21.3 Å². The molecule has 1 unspecified atom stereocenters. The van der Waals surface area contributed by atoms with E-state index in [0.717, 1.165) is 37.9 Å². The molecule has 2 fully saturated rings. The second-order valence-corrected chi connectivity index (χ2v) is 6.61. The molecule has 25 heavy (non-hydrogen) atoms. The molecule has 0 radical (unpaired) electrons. The zero-order valence-electron chi connectivity index (χ0n) is 15.0. The molecule has 2 N–H and O–H groups in total. The number of carbonyl (C=O) groups is 1. The lowest BCUT2D eigenvalue weighted by Gasteiger charge is -2.23. The average molecular weight is 371 g/mol. The lowest BCUT2D eigenvalue weighted by molar-refractivity contribution is -0.123. The van der Waals surface area contributed by atoms with Crippen molar-refractivity contribution in [2.45, 2.75) is 25.8 Å². The van der Waals surface area contributed by atoms with Gasteiger partial charge in [0.25, 0.3) is 0 Å². The third-order valence-electron chi connectivity index (χ3n) is 5.35. The lowest BCUT2D eigenvalue weighted by Crippen LogP contribution is -2.33. The van der Waals surface area contributed by atoms with Crippen LogP contribution in [0.4, 0.5) is 0 Å². The van der Waals surface area contributed by atoms with Gasteiger partial charge in [-0.25, -0.2) is 0 Å². The Morgan fingerprint density at radius 3 is 2.32 bits per heavy atom. The molecule has 1 aliphatic carbocycles. The van der Waals surface area contributed by atoms with Crippen LogP contribution in [0.5, 0.6) is 17.2 Å². The number of hydrogen-bond acceptors (Lipinski definition) is 5. The molecule has 3 rings (SSSR count). The standard InChI is InChI=1S/C18H26N2O4.ClH/c1-22-14-9-16(24-3)15(23-2)8-12(14)11-20-17(21)13-10-18(13)4-6-19-7-5-18;/h8-9,13,19H,4-7,10-11H2,1-3H3,(H,20,21);1H. The summed E-state index contributed by atoms with van der Waals surface area (Å²) in [5.41, 5.74) is 1.13. The van der Waals surface area contributed by atoms with Crippen LogP contribution >= 0.6 is 12.4 Å². The Balaban J connectivity index is 0.00000225. The fourth-order valence-corrected chi connectivity index (χ4v) is 3.73. The Kier molecular flexibility index (Phi) is 6.41. The zero-order chi connectivity index (χ0) is 17.2. The molecule has 2 aliphatic rings. The van der Waals surface area contributed by atoms with E-state index >= 15 is 0 Å². The Hall–Kier alpha value is -1.66. The van der Waals surface area contributed by atoms with E-state index in [2.05, 4.69) is 10.6 Å². The van der Waals surface area contributed by atoms with Crippen molar-refractivity contribution in [3.8, 4) is 17.2 Å². The first-order valence-corrected chi connectivity index (χ1v) is 8.41. The van der Waals surface area contributed by atoms with E-state index in [1.54, 1.807) is 27.4 Å². The summed E-state index contributed by atoms with van der Waals surface area (Å²) in [6.07, 6.45) is 3.22. The Morgan fingerprint density at radius 1 is 1.12 bits per heavy atom. The van der Waals surface area contributed by atoms with E-state index in [1.165, 1.54) is 0 Å². The van der Waals surface area contributed by atoms with E-state index in [0.29, 0.717) is 23.8 Å². The number of nitrogens with one attached hydrogen (secondary N) is 2. The third-order valence-corrected chi connectivity index (χ3v) is 5.35. The van der Waals surface area contributed by atoms with Gasteiger partial charge < -0.3 is 24.8 Å². The molecule has 6 nitrogen and oxygen atoms in total. The average Bonchev–Trinajstić information content (AvgIpc) is 3.32. The Bertz CT molecular complexity index is 617. The fraction of sp³-hybridized carbons (Fsp3) is 0.611. The number of carbonyl (C=O) groups excluding carboxylic acids is 1. The topological polar surface area (TPSA) is 68.8 Å². The summed E-state index contributed by atoms with van der Waals surface area (Å²) in [5, 5.41) is 6.42. The second kappa shape index (κ2) is 8.15. The molecule has 1 heterocycles. The van der Waals surface area contributed by atoms with Crippen molar-refractivity contribution < 1.29 is 19.0 Å². The van der Waals surface area contributed by atoms with Gasteiger partial charge in [0.1, 0.15) is 5.75 Å². The number of methoxy groups -OCH3 is 3. The maximum Gasteiger partial charge on any atom is 0.223 e. The molecule has 1 spiro atoms. The van der Waals surface area contributed by atoms with Crippen LogP contribution in [0.2, 0.25) is 0 Å². The molecule has 1 amide bonds. The number of ether oxygens (including phenoxy) is 3. The number of rotatable bonds is 6. The molecule has 1 saturated carbocycles.